The molecule has 0 saturated carbocycles. The van der Waals surface area contributed by atoms with Gasteiger partial charge in [-0.2, -0.15) is 5.10 Å². The van der Waals surface area contributed by atoms with Crippen molar-refractivity contribution in [1.82, 2.24) is 34.2 Å². The van der Waals surface area contributed by atoms with Gasteiger partial charge in [0.05, 0.1) is 24.2 Å². The third kappa shape index (κ3) is 3.22. The van der Waals surface area contributed by atoms with Crippen LogP contribution in [-0.4, -0.2) is 63.9 Å². The van der Waals surface area contributed by atoms with Crippen LogP contribution in [0.3, 0.4) is 0 Å². The molecule has 28 heavy (non-hydrogen) atoms. The van der Waals surface area contributed by atoms with Crippen LogP contribution >= 0.6 is 0 Å². The predicted octanol–water partition coefficient (Wildman–Crippen LogP) is 0.380. The molecule has 0 unspecified atom stereocenters. The van der Waals surface area contributed by atoms with E-state index in [1.807, 2.05) is 13.2 Å². The van der Waals surface area contributed by atoms with Crippen LogP contribution in [0.1, 0.15) is 24.9 Å². The first kappa shape index (κ1) is 18.1. The van der Waals surface area contributed by atoms with Crippen molar-refractivity contribution in [2.45, 2.75) is 25.0 Å². The lowest BCUT2D eigenvalue weighted by Gasteiger charge is -2.42. The Kier molecular flexibility index (Phi) is 4.34. The van der Waals surface area contributed by atoms with E-state index in [4.69, 9.17) is 5.73 Å². The minimum atomic E-state index is -1.02. The number of nitrogens with zero attached hydrogens (tertiary/aromatic N) is 7. The summed E-state index contributed by atoms with van der Waals surface area (Å²) < 4.78 is 3.45. The van der Waals surface area contributed by atoms with Crippen molar-refractivity contribution in [1.29, 1.82) is 0 Å². The normalized spacial score (nSPS) is 23.0. The fourth-order valence-electron chi connectivity index (χ4n) is 3.51. The molecule has 10 heteroatoms. The molecule has 146 valence electrons. The van der Waals surface area contributed by atoms with E-state index in [9.17, 15) is 9.90 Å². The third-order valence-corrected chi connectivity index (χ3v) is 5.18. The van der Waals surface area contributed by atoms with Crippen LogP contribution in [0.15, 0.2) is 31.1 Å². The summed E-state index contributed by atoms with van der Waals surface area (Å²) in [5, 5.41) is 15.0. The van der Waals surface area contributed by atoms with Crippen LogP contribution in [0.2, 0.25) is 0 Å². The van der Waals surface area contributed by atoms with Gasteiger partial charge in [0.2, 0.25) is 5.91 Å². The number of fused-ring (bicyclic) bond motifs is 1. The molecular formula is C18H22N8O2. The van der Waals surface area contributed by atoms with Crippen molar-refractivity contribution in [3.8, 4) is 0 Å². The second-order valence-corrected chi connectivity index (χ2v) is 7.27. The predicted molar refractivity (Wildman–Crippen MR) is 103 cm³/mol. The van der Waals surface area contributed by atoms with Crippen molar-refractivity contribution in [3.63, 3.8) is 0 Å². The third-order valence-electron chi connectivity index (χ3n) is 5.18. The molecule has 1 aliphatic heterocycles. The van der Waals surface area contributed by atoms with Crippen molar-refractivity contribution in [2.75, 3.05) is 18.8 Å². The average Bonchev–Trinajstić information content (AvgIpc) is 3.26. The van der Waals surface area contributed by atoms with Gasteiger partial charge in [-0.05, 0) is 19.4 Å². The van der Waals surface area contributed by atoms with Crippen LogP contribution in [-0.2, 0) is 11.8 Å². The highest BCUT2D eigenvalue weighted by molar-refractivity contribution is 5.91. The van der Waals surface area contributed by atoms with E-state index in [1.165, 1.54) is 12.4 Å². The van der Waals surface area contributed by atoms with Gasteiger partial charge in [-0.1, -0.05) is 0 Å². The second kappa shape index (κ2) is 6.71. The van der Waals surface area contributed by atoms with Gasteiger partial charge in [-0.3, -0.25) is 9.48 Å². The van der Waals surface area contributed by atoms with E-state index in [-0.39, 0.29) is 11.7 Å². The van der Waals surface area contributed by atoms with E-state index in [1.54, 1.807) is 39.7 Å². The molecule has 1 fully saturated rings. The molecule has 0 bridgehead atoms. The van der Waals surface area contributed by atoms with Gasteiger partial charge >= 0.3 is 0 Å². The fraction of sp³-hybridized carbons (Fsp3) is 0.389. The quantitative estimate of drug-likeness (QED) is 0.627. The molecule has 0 spiro atoms. The molecule has 10 nitrogen and oxygen atoms in total. The lowest BCUT2D eigenvalue weighted by molar-refractivity contribution is -0.132. The summed E-state index contributed by atoms with van der Waals surface area (Å²) in [4.78, 5) is 26.9. The fourth-order valence-corrected chi connectivity index (χ4v) is 3.51. The van der Waals surface area contributed by atoms with Gasteiger partial charge in [0.15, 0.2) is 11.5 Å². The lowest BCUT2D eigenvalue weighted by Crippen LogP contribution is -2.52. The number of aliphatic hydroxyl groups is 1. The van der Waals surface area contributed by atoms with Gasteiger partial charge in [0, 0.05) is 38.0 Å². The summed E-state index contributed by atoms with van der Waals surface area (Å²) >= 11 is 0. The Balaban J connectivity index is 1.59. The van der Waals surface area contributed by atoms with Gasteiger partial charge in [0.1, 0.15) is 11.8 Å². The molecule has 3 aromatic rings. The molecule has 0 aromatic carbocycles. The molecule has 2 atom stereocenters. The number of nitrogens with two attached hydrogens (primary N) is 1. The molecule has 3 N–H and O–H groups in total. The van der Waals surface area contributed by atoms with Gasteiger partial charge in [-0.25, -0.2) is 15.0 Å². The maximum absolute atomic E-state index is 12.7. The molecule has 3 aromatic heterocycles. The summed E-state index contributed by atoms with van der Waals surface area (Å²) in [6, 6.07) is -0.406. The average molecular weight is 382 g/mol. The van der Waals surface area contributed by atoms with Crippen molar-refractivity contribution in [3.05, 3.63) is 36.7 Å². The summed E-state index contributed by atoms with van der Waals surface area (Å²) in [5.41, 5.74) is 6.73. The number of likely N-dealkylation sites (tertiary alicyclic amines) is 1. The number of hydrogen-bond donors (Lipinski definition) is 2. The summed E-state index contributed by atoms with van der Waals surface area (Å²) in [5.74, 6) is 0.162. The SMILES string of the molecule is Cn1cc(/C=C/C(=O)N2CC[C@@](C)(O)[C@H](n3cnc4c(N)ncnc43)C2)cn1. The molecule has 4 heterocycles. The standard InChI is InChI=1S/C18H22N8O2/c1-18(28)5-6-25(14(27)4-3-12-7-23-24(2)8-12)9-13(18)26-11-22-15-16(19)20-10-21-17(15)26/h3-4,7-8,10-11,13,28H,5-6,9H2,1-2H3,(H2,19,20,21)/b4-3+/t13-,18-/m1/s1. The van der Waals surface area contributed by atoms with Gasteiger partial charge in [0.25, 0.3) is 0 Å². The number of aryl methyl sites for hydroxylation is 1. The topological polar surface area (TPSA) is 128 Å². The number of imidazole rings is 1. The van der Waals surface area contributed by atoms with Gasteiger partial charge < -0.3 is 20.3 Å². The van der Waals surface area contributed by atoms with Crippen molar-refractivity contribution < 1.29 is 9.90 Å². The maximum Gasteiger partial charge on any atom is 0.246 e. The molecule has 0 aliphatic carbocycles. The number of nitrogen functional groups attached to an aromatic ring is 1. The Labute approximate surface area is 161 Å². The van der Waals surface area contributed by atoms with Crippen molar-refractivity contribution >= 4 is 29.0 Å². The molecule has 0 radical (unpaired) electrons. The first-order chi connectivity index (χ1) is 13.3. The van der Waals surface area contributed by atoms with Crippen molar-refractivity contribution in [2.24, 2.45) is 7.05 Å². The molecule has 1 amide bonds. The number of carbonyl (C=O) groups excluding carboxylic acids is 1. The zero-order valence-corrected chi connectivity index (χ0v) is 15.7. The van der Waals surface area contributed by atoms with E-state index in [2.05, 4.69) is 20.1 Å². The summed E-state index contributed by atoms with van der Waals surface area (Å²) in [7, 11) is 1.82. The van der Waals surface area contributed by atoms with E-state index < -0.39 is 11.6 Å². The number of amides is 1. The lowest BCUT2D eigenvalue weighted by atomic mass is 9.88. The Bertz CT molecular complexity index is 1050. The monoisotopic (exact) mass is 382 g/mol. The largest absolute Gasteiger partial charge is 0.388 e. The highest BCUT2D eigenvalue weighted by Gasteiger charge is 2.40. The Morgan fingerprint density at radius 2 is 2.21 bits per heavy atom. The number of anilines is 1. The van der Waals surface area contributed by atoms with Crippen LogP contribution in [0, 0.1) is 0 Å². The Hall–Kier alpha value is -3.27. The van der Waals surface area contributed by atoms with Crippen LogP contribution in [0.5, 0.6) is 0 Å². The zero-order chi connectivity index (χ0) is 19.9. The van der Waals surface area contributed by atoms with Crippen LogP contribution in [0.25, 0.3) is 17.2 Å². The number of hydrogen-bond acceptors (Lipinski definition) is 7. The molecular weight excluding hydrogens is 360 g/mol. The first-order valence-corrected chi connectivity index (χ1v) is 8.96. The van der Waals surface area contributed by atoms with E-state index in [0.29, 0.717) is 30.7 Å². The van der Waals surface area contributed by atoms with E-state index in [0.717, 1.165) is 5.56 Å². The first-order valence-electron chi connectivity index (χ1n) is 8.96. The minimum Gasteiger partial charge on any atom is -0.388 e. The Morgan fingerprint density at radius 3 is 2.96 bits per heavy atom. The highest BCUT2D eigenvalue weighted by Crippen LogP contribution is 2.34. The highest BCUT2D eigenvalue weighted by atomic mass is 16.3. The smallest absolute Gasteiger partial charge is 0.246 e. The summed E-state index contributed by atoms with van der Waals surface area (Å²) in [6.07, 6.45) is 10.2. The van der Waals surface area contributed by atoms with Crippen LogP contribution < -0.4 is 5.73 Å². The van der Waals surface area contributed by atoms with Crippen LogP contribution in [0.4, 0.5) is 5.82 Å². The summed E-state index contributed by atoms with van der Waals surface area (Å²) in [6.45, 7) is 2.56. The molecule has 1 aliphatic rings. The Morgan fingerprint density at radius 1 is 1.39 bits per heavy atom. The molecule has 1 saturated heterocycles. The van der Waals surface area contributed by atoms with Gasteiger partial charge in [-0.15, -0.1) is 0 Å². The number of piperidine rings is 1. The molecule has 4 rings (SSSR count). The number of carbonyl (C=O) groups is 1. The number of aromatic nitrogens is 6. The second-order valence-electron chi connectivity index (χ2n) is 7.27. The van der Waals surface area contributed by atoms with E-state index >= 15 is 0 Å². The number of rotatable bonds is 3. The minimum absolute atomic E-state index is 0.122. The zero-order valence-electron chi connectivity index (χ0n) is 15.7. The maximum atomic E-state index is 12.7.